The molecule has 246 valence electrons. The minimum absolute atomic E-state index is 0.786. The van der Waals surface area contributed by atoms with Crippen molar-refractivity contribution in [1.82, 2.24) is 4.90 Å². The van der Waals surface area contributed by atoms with Crippen molar-refractivity contribution in [2.75, 3.05) is 37.9 Å². The lowest BCUT2D eigenvalue weighted by Crippen LogP contribution is -2.26. The number of hydrogen-bond acceptors (Lipinski definition) is 3. The summed E-state index contributed by atoms with van der Waals surface area (Å²) in [6.07, 6.45) is 48.2. The minimum atomic E-state index is 0.786. The van der Waals surface area contributed by atoms with Gasteiger partial charge >= 0.3 is 0 Å². The average Bonchev–Trinajstić information content (AvgIpc) is 2.98. The first-order valence-corrected chi connectivity index (χ1v) is 20.3. The molecule has 0 fully saturated rings. The highest BCUT2D eigenvalue weighted by Crippen LogP contribution is 2.21. The Morgan fingerprint density at radius 3 is 1.33 bits per heavy atom. The topological polar surface area (TPSA) is 3.24 Å². The average molecular weight is 620 g/mol. The first-order chi connectivity index (χ1) is 20.7. The third-order valence-electron chi connectivity index (χ3n) is 7.56. The molecule has 0 saturated heterocycles. The van der Waals surface area contributed by atoms with Crippen LogP contribution in [-0.4, -0.2) is 48.0 Å². The highest BCUT2D eigenvalue weighted by molar-refractivity contribution is 8.03. The Kier molecular flexibility index (Phi) is 36.5. The largest absolute Gasteiger partial charge is 0.308 e. The molecule has 0 radical (unpaired) electrons. The second kappa shape index (κ2) is 36.8. The number of hydrogen-bond donors (Lipinski definition) is 0. The Morgan fingerprint density at radius 1 is 0.476 bits per heavy atom. The molecule has 1 unspecified atom stereocenters. The summed E-state index contributed by atoms with van der Waals surface area (Å²) in [5.74, 6) is 4.01. The predicted molar refractivity (Wildman–Crippen MR) is 202 cm³/mol. The molecule has 3 heteroatoms. The smallest absolute Gasteiger partial charge is 0.0265 e. The molecule has 0 heterocycles. The summed E-state index contributed by atoms with van der Waals surface area (Å²) in [5, 5.41) is 0.786. The summed E-state index contributed by atoms with van der Waals surface area (Å²) in [6.45, 7) is 5.77. The van der Waals surface area contributed by atoms with Crippen molar-refractivity contribution in [3.8, 4) is 0 Å². The molecule has 0 aliphatic heterocycles. The fourth-order valence-electron chi connectivity index (χ4n) is 4.95. The molecule has 0 spiro atoms. The van der Waals surface area contributed by atoms with Crippen LogP contribution in [0.25, 0.3) is 0 Å². The van der Waals surface area contributed by atoms with Gasteiger partial charge in [-0.25, -0.2) is 0 Å². The zero-order chi connectivity index (χ0) is 30.6. The Balaban J connectivity index is 3.60. The van der Waals surface area contributed by atoms with Crippen LogP contribution in [0.3, 0.4) is 0 Å². The van der Waals surface area contributed by atoms with E-state index in [1.54, 1.807) is 0 Å². The van der Waals surface area contributed by atoms with Gasteiger partial charge in [-0.3, -0.25) is 0 Å². The Hall–Kier alpha value is -0.380. The normalized spacial score (nSPS) is 13.3. The number of thioether (sulfide) groups is 2. The number of allylic oxidation sites excluding steroid dienone is 8. The van der Waals surface area contributed by atoms with Crippen LogP contribution >= 0.6 is 23.5 Å². The molecule has 0 saturated carbocycles. The van der Waals surface area contributed by atoms with Gasteiger partial charge in [0.1, 0.15) is 0 Å². The van der Waals surface area contributed by atoms with E-state index in [0.717, 1.165) is 18.1 Å². The SMILES string of the molecule is CCCCCC=CCC=CCCCCCCCSCC(CN(C)C)SCCCCCCCC=CCC=CCCCCC. The number of nitrogens with zero attached hydrogens (tertiary/aromatic N) is 1. The van der Waals surface area contributed by atoms with Crippen molar-refractivity contribution in [3.63, 3.8) is 0 Å². The van der Waals surface area contributed by atoms with E-state index >= 15 is 0 Å². The van der Waals surface area contributed by atoms with Crippen molar-refractivity contribution in [2.45, 2.75) is 160 Å². The zero-order valence-corrected chi connectivity index (χ0v) is 30.5. The second-order valence-corrected chi connectivity index (χ2v) is 14.8. The Morgan fingerprint density at radius 2 is 0.881 bits per heavy atom. The third kappa shape index (κ3) is 35.8. The Bertz CT molecular complexity index is 622. The predicted octanol–water partition coefficient (Wildman–Crippen LogP) is 13.2. The zero-order valence-electron chi connectivity index (χ0n) is 28.8. The van der Waals surface area contributed by atoms with E-state index in [9.17, 15) is 0 Å². The second-order valence-electron chi connectivity index (χ2n) is 12.3. The summed E-state index contributed by atoms with van der Waals surface area (Å²) >= 11 is 4.43. The highest BCUT2D eigenvalue weighted by Gasteiger charge is 2.10. The van der Waals surface area contributed by atoms with E-state index in [-0.39, 0.29) is 0 Å². The summed E-state index contributed by atoms with van der Waals surface area (Å²) in [6, 6.07) is 0. The maximum atomic E-state index is 2.39. The van der Waals surface area contributed by atoms with Crippen LogP contribution < -0.4 is 0 Å². The van der Waals surface area contributed by atoms with Gasteiger partial charge in [0, 0.05) is 17.5 Å². The fraction of sp³-hybridized carbons (Fsp3) is 0.795. The monoisotopic (exact) mass is 620 g/mol. The third-order valence-corrected chi connectivity index (χ3v) is 10.3. The van der Waals surface area contributed by atoms with Gasteiger partial charge in [-0.2, -0.15) is 23.5 Å². The molecule has 0 amide bonds. The van der Waals surface area contributed by atoms with Crippen LogP contribution in [0.4, 0.5) is 0 Å². The van der Waals surface area contributed by atoms with Crippen LogP contribution in [-0.2, 0) is 0 Å². The van der Waals surface area contributed by atoms with Crippen molar-refractivity contribution in [1.29, 1.82) is 0 Å². The van der Waals surface area contributed by atoms with E-state index < -0.39 is 0 Å². The van der Waals surface area contributed by atoms with Gasteiger partial charge in [0.05, 0.1) is 0 Å². The summed E-state index contributed by atoms with van der Waals surface area (Å²) < 4.78 is 0. The van der Waals surface area contributed by atoms with Crippen LogP contribution in [0, 0.1) is 0 Å². The van der Waals surface area contributed by atoms with E-state index in [4.69, 9.17) is 0 Å². The van der Waals surface area contributed by atoms with Gasteiger partial charge in [0.2, 0.25) is 0 Å². The molecule has 0 aliphatic rings. The lowest BCUT2D eigenvalue weighted by Gasteiger charge is -2.20. The molecule has 0 aromatic rings. The van der Waals surface area contributed by atoms with Crippen LogP contribution in [0.5, 0.6) is 0 Å². The van der Waals surface area contributed by atoms with Gasteiger partial charge in [0.15, 0.2) is 0 Å². The number of rotatable bonds is 33. The molecule has 42 heavy (non-hydrogen) atoms. The van der Waals surface area contributed by atoms with Crippen molar-refractivity contribution >= 4 is 23.5 Å². The van der Waals surface area contributed by atoms with Gasteiger partial charge in [-0.05, 0) is 103 Å². The molecule has 0 aliphatic carbocycles. The fourth-order valence-corrected chi connectivity index (χ4v) is 7.68. The van der Waals surface area contributed by atoms with E-state index in [0.29, 0.717) is 0 Å². The first-order valence-electron chi connectivity index (χ1n) is 18.1. The molecular formula is C39H73NS2. The van der Waals surface area contributed by atoms with Crippen LogP contribution in [0.2, 0.25) is 0 Å². The minimum Gasteiger partial charge on any atom is -0.308 e. The van der Waals surface area contributed by atoms with E-state index in [2.05, 4.69) is 105 Å². The Labute approximate surface area is 274 Å². The quantitative estimate of drug-likeness (QED) is 0.0531. The molecule has 1 nitrogen and oxygen atoms in total. The van der Waals surface area contributed by atoms with E-state index in [1.807, 2.05) is 0 Å². The standard InChI is InChI=1S/C39H73NS2/c1-5-7-9-11-13-15-17-19-21-23-25-27-29-31-33-35-41-38-39(37-40(3)4)42-36-34-32-30-28-26-24-22-20-18-16-14-12-10-8-6-2/h13-16,19-22,39H,5-12,17-18,23-38H2,1-4H3. The van der Waals surface area contributed by atoms with Gasteiger partial charge in [-0.1, -0.05) is 127 Å². The summed E-state index contributed by atoms with van der Waals surface area (Å²) in [7, 11) is 4.47. The molecule has 0 rings (SSSR count). The van der Waals surface area contributed by atoms with Gasteiger partial charge in [0.25, 0.3) is 0 Å². The summed E-state index contributed by atoms with van der Waals surface area (Å²) in [4.78, 5) is 2.38. The van der Waals surface area contributed by atoms with E-state index in [1.165, 1.54) is 152 Å². The van der Waals surface area contributed by atoms with Crippen LogP contribution in [0.1, 0.15) is 155 Å². The molecule has 1 atom stereocenters. The molecule has 0 aromatic heterocycles. The molecule has 0 aromatic carbocycles. The van der Waals surface area contributed by atoms with Crippen LogP contribution in [0.15, 0.2) is 48.6 Å². The lowest BCUT2D eigenvalue weighted by molar-refractivity contribution is 0.415. The first kappa shape index (κ1) is 41.6. The van der Waals surface area contributed by atoms with Gasteiger partial charge in [-0.15, -0.1) is 0 Å². The maximum absolute atomic E-state index is 2.39. The molecular weight excluding hydrogens is 547 g/mol. The molecule has 0 N–H and O–H groups in total. The van der Waals surface area contributed by atoms with Crippen molar-refractivity contribution in [2.24, 2.45) is 0 Å². The summed E-state index contributed by atoms with van der Waals surface area (Å²) in [5.41, 5.74) is 0. The maximum Gasteiger partial charge on any atom is 0.0265 e. The van der Waals surface area contributed by atoms with Crippen molar-refractivity contribution in [3.05, 3.63) is 48.6 Å². The highest BCUT2D eigenvalue weighted by atomic mass is 32.2. The van der Waals surface area contributed by atoms with Crippen molar-refractivity contribution < 1.29 is 0 Å². The lowest BCUT2D eigenvalue weighted by atomic mass is 10.1. The number of unbranched alkanes of at least 4 members (excludes halogenated alkanes) is 16. The van der Waals surface area contributed by atoms with Gasteiger partial charge < -0.3 is 4.90 Å². The molecule has 0 bridgehead atoms.